The molecular formula is C73H89N7O10. The number of rotatable bonds is 30. The van der Waals surface area contributed by atoms with Crippen LogP contribution in [0.25, 0.3) is 0 Å². The molecule has 476 valence electrons. The first-order valence-electron chi connectivity index (χ1n) is 32.8. The van der Waals surface area contributed by atoms with Gasteiger partial charge in [0.2, 0.25) is 23.6 Å². The number of carbonyl (C=O) groups is 8. The minimum atomic E-state index is -0.747. The molecule has 10 atom stereocenters. The van der Waals surface area contributed by atoms with Crippen LogP contribution in [0.1, 0.15) is 180 Å². The quantitative estimate of drug-likeness (QED) is 0.0216. The molecule has 3 saturated carbocycles. The summed E-state index contributed by atoms with van der Waals surface area (Å²) < 4.78 is 11.1. The number of benzene rings is 5. The summed E-state index contributed by atoms with van der Waals surface area (Å²) in [5, 5.41) is 15.5. The summed E-state index contributed by atoms with van der Waals surface area (Å²) >= 11 is 0. The van der Waals surface area contributed by atoms with Gasteiger partial charge in [-0.05, 0) is 118 Å². The summed E-state index contributed by atoms with van der Waals surface area (Å²) in [6.45, 7) is 7.65. The van der Waals surface area contributed by atoms with Crippen LogP contribution in [0.4, 0.5) is 0 Å². The van der Waals surface area contributed by atoms with Crippen molar-refractivity contribution in [1.82, 2.24) is 36.4 Å². The lowest BCUT2D eigenvalue weighted by Crippen LogP contribution is -2.43. The van der Waals surface area contributed by atoms with Crippen LogP contribution in [-0.4, -0.2) is 133 Å². The van der Waals surface area contributed by atoms with Crippen LogP contribution >= 0.6 is 0 Å². The van der Waals surface area contributed by atoms with Gasteiger partial charge in [0.15, 0.2) is 0 Å². The molecule has 2 aliphatic heterocycles. The van der Waals surface area contributed by atoms with Gasteiger partial charge in [0, 0.05) is 98.4 Å². The van der Waals surface area contributed by atoms with Crippen LogP contribution in [0, 0.1) is 23.7 Å². The maximum atomic E-state index is 14.3. The first kappa shape index (κ1) is 64.8. The Kier molecular flexibility index (Phi) is 22.0. The molecule has 17 nitrogen and oxygen atoms in total. The molecule has 0 unspecified atom stereocenters. The van der Waals surface area contributed by atoms with Crippen LogP contribution in [-0.2, 0) is 28.7 Å². The number of hydrogen-bond acceptors (Lipinski definition) is 10. The van der Waals surface area contributed by atoms with Crippen LogP contribution in [0.15, 0.2) is 140 Å². The number of amides is 7. The molecule has 90 heavy (non-hydrogen) atoms. The summed E-state index contributed by atoms with van der Waals surface area (Å²) in [6, 6.07) is 42.8. The van der Waals surface area contributed by atoms with E-state index in [0.29, 0.717) is 48.6 Å². The maximum absolute atomic E-state index is 14.3. The van der Waals surface area contributed by atoms with Crippen molar-refractivity contribution in [2.24, 2.45) is 23.7 Å². The lowest BCUT2D eigenvalue weighted by molar-refractivity contribution is -0.133. The molecule has 5 N–H and O–H groups in total. The number of esters is 1. The van der Waals surface area contributed by atoms with E-state index in [1.54, 1.807) is 58.3 Å². The van der Waals surface area contributed by atoms with Crippen LogP contribution < -0.4 is 26.6 Å². The molecule has 0 radical (unpaired) electrons. The second-order valence-corrected chi connectivity index (χ2v) is 26.3. The lowest BCUT2D eigenvalue weighted by Gasteiger charge is -2.19. The largest absolute Gasteiger partial charge is 0.456 e. The first-order chi connectivity index (χ1) is 43.6. The fourth-order valence-corrected chi connectivity index (χ4v) is 12.9. The van der Waals surface area contributed by atoms with Crippen molar-refractivity contribution >= 4 is 47.3 Å². The molecular weight excluding hydrogens is 1130 g/mol. The molecule has 17 heteroatoms. The molecule has 2 heterocycles. The van der Waals surface area contributed by atoms with Crippen LogP contribution in [0.3, 0.4) is 0 Å². The highest BCUT2D eigenvalue weighted by atomic mass is 16.6. The zero-order valence-electron chi connectivity index (χ0n) is 52.4. The highest BCUT2D eigenvalue weighted by Gasteiger charge is 2.50. The standard InChI is InChI=1S/C73H89N7O10/c1-73(2,3)90-72(88)54-35-29-51(30-36-54)65(81)75-38-40-89-39-22-11-9-7-5-4-6-8-10-21-37-74-66(82)58-44-79(45-59(58)67(83)76-62-41-55(62)48-23-15-12-16-24-48)70(86)52-31-33-53(34-32-52)71(87)80-46-60(68(84)77-63-42-56(63)49-25-17-13-18-26-49)61(47-80)69(85)78-64-43-57(64)50-27-19-14-20-28-50/h12-20,23-36,55-64H,4-11,21-22,37-47H2,1-3H3,(H,74,82)(H,75,81)(H,76,83)(H,77,84)(H,78,85)/t55-,56-,57-,58-,59-,60-,61-,62+,63+,64+/m1/s1. The third-order valence-electron chi connectivity index (χ3n) is 18.3. The number of nitrogens with one attached hydrogen (secondary N) is 5. The van der Waals surface area contributed by atoms with Gasteiger partial charge in [0.1, 0.15) is 5.60 Å². The molecule has 2 saturated heterocycles. The third kappa shape index (κ3) is 17.8. The minimum absolute atomic E-state index is 0.0457. The number of hydrogen-bond donors (Lipinski definition) is 5. The number of nitrogens with zero attached hydrogens (tertiary/aromatic N) is 2. The SMILES string of the molecule is CC(C)(C)OC(=O)c1ccc(C(=O)NCCOCCCCCCCCCCCCNC(=O)[C@@H]2CN(C(=O)c3ccc(C(=O)N4C[C@@H](C(=O)N[C@H]5C[C@@H]5c5ccccc5)[C@H](C(=O)N[C@H]5C[C@@H]5c5ccccc5)C4)cc3)C[C@H]2C(=O)N[C@H]2C[C@@H]2c2ccccc2)cc1. The summed E-state index contributed by atoms with van der Waals surface area (Å²) in [5.74, 6) is -4.70. The molecule has 0 spiro atoms. The number of ether oxygens (including phenoxy) is 2. The first-order valence-corrected chi connectivity index (χ1v) is 32.8. The summed E-state index contributed by atoms with van der Waals surface area (Å²) in [7, 11) is 0. The summed E-state index contributed by atoms with van der Waals surface area (Å²) in [5.41, 5.74) is 4.36. The molecule has 5 aliphatic rings. The Labute approximate surface area is 529 Å². The van der Waals surface area contributed by atoms with Gasteiger partial charge >= 0.3 is 5.97 Å². The van der Waals surface area contributed by atoms with Gasteiger partial charge in [-0.1, -0.05) is 142 Å². The van der Waals surface area contributed by atoms with Crippen molar-refractivity contribution in [3.8, 4) is 0 Å². The van der Waals surface area contributed by atoms with E-state index in [1.165, 1.54) is 0 Å². The molecule has 0 bridgehead atoms. The molecule has 5 aromatic rings. The van der Waals surface area contributed by atoms with Crippen LogP contribution in [0.2, 0.25) is 0 Å². The predicted molar refractivity (Wildman–Crippen MR) is 343 cm³/mol. The highest BCUT2D eigenvalue weighted by molar-refractivity contribution is 6.00. The van der Waals surface area contributed by atoms with Crippen molar-refractivity contribution < 1.29 is 47.8 Å². The monoisotopic (exact) mass is 1220 g/mol. The molecule has 5 fully saturated rings. The van der Waals surface area contributed by atoms with E-state index in [4.69, 9.17) is 9.47 Å². The van der Waals surface area contributed by atoms with Crippen molar-refractivity contribution in [3.05, 3.63) is 178 Å². The van der Waals surface area contributed by atoms with Crippen molar-refractivity contribution in [1.29, 1.82) is 0 Å². The van der Waals surface area contributed by atoms with Crippen molar-refractivity contribution in [2.75, 3.05) is 52.5 Å². The number of carbonyl (C=O) groups excluding carboxylic acids is 8. The van der Waals surface area contributed by atoms with Crippen molar-refractivity contribution in [3.63, 3.8) is 0 Å². The average molecular weight is 1220 g/mol. The van der Waals surface area contributed by atoms with Gasteiger partial charge in [-0.3, -0.25) is 33.6 Å². The smallest absolute Gasteiger partial charge is 0.338 e. The van der Waals surface area contributed by atoms with E-state index < -0.39 is 35.2 Å². The predicted octanol–water partition coefficient (Wildman–Crippen LogP) is 9.50. The van der Waals surface area contributed by atoms with Crippen LogP contribution in [0.5, 0.6) is 0 Å². The van der Waals surface area contributed by atoms with E-state index in [2.05, 4.69) is 63.0 Å². The van der Waals surface area contributed by atoms with E-state index in [9.17, 15) is 38.4 Å². The van der Waals surface area contributed by atoms with Gasteiger partial charge in [0.05, 0.1) is 35.8 Å². The zero-order chi connectivity index (χ0) is 63.2. The van der Waals surface area contributed by atoms with E-state index in [1.807, 2.05) is 75.4 Å². The Morgan fingerprint density at radius 1 is 0.400 bits per heavy atom. The average Bonchev–Trinajstić information content (AvgIpc) is 1.67. The lowest BCUT2D eigenvalue weighted by atomic mass is 9.94. The Morgan fingerprint density at radius 3 is 1.16 bits per heavy atom. The van der Waals surface area contributed by atoms with E-state index >= 15 is 0 Å². The second kappa shape index (κ2) is 30.6. The summed E-state index contributed by atoms with van der Waals surface area (Å²) in [6.07, 6.45) is 13.0. The fraction of sp³-hybridized carbons (Fsp3) is 0.479. The molecule has 7 amide bonds. The Hall–Kier alpha value is -8.18. The number of likely N-dealkylation sites (tertiary alicyclic amines) is 2. The third-order valence-corrected chi connectivity index (χ3v) is 18.3. The topological polar surface area (TPSA) is 222 Å². The van der Waals surface area contributed by atoms with Crippen molar-refractivity contribution in [2.45, 2.75) is 146 Å². The maximum Gasteiger partial charge on any atom is 0.338 e. The van der Waals surface area contributed by atoms with E-state index in [0.717, 1.165) is 100 Å². The van der Waals surface area contributed by atoms with Gasteiger partial charge in [0.25, 0.3) is 17.7 Å². The second-order valence-electron chi connectivity index (χ2n) is 26.3. The Morgan fingerprint density at radius 2 is 0.756 bits per heavy atom. The normalized spacial score (nSPS) is 23.1. The molecule has 5 aromatic carbocycles. The molecule has 0 aromatic heterocycles. The molecule has 10 rings (SSSR count). The van der Waals surface area contributed by atoms with Gasteiger partial charge in [-0.15, -0.1) is 0 Å². The Bertz CT molecular complexity index is 3190. The van der Waals surface area contributed by atoms with E-state index in [-0.39, 0.29) is 103 Å². The zero-order valence-corrected chi connectivity index (χ0v) is 52.4. The Balaban J connectivity index is 0.646. The van der Waals surface area contributed by atoms with Gasteiger partial charge in [-0.25, -0.2) is 4.79 Å². The van der Waals surface area contributed by atoms with Gasteiger partial charge < -0.3 is 45.9 Å². The summed E-state index contributed by atoms with van der Waals surface area (Å²) in [4.78, 5) is 113. The molecule has 3 aliphatic carbocycles. The minimum Gasteiger partial charge on any atom is -0.456 e. The fourth-order valence-electron chi connectivity index (χ4n) is 12.9. The highest BCUT2D eigenvalue weighted by Crippen LogP contribution is 2.44. The number of unbranched alkanes of at least 4 members (excludes halogenated alkanes) is 9. The van der Waals surface area contributed by atoms with Gasteiger partial charge in [-0.2, -0.15) is 0 Å².